The normalized spacial score (nSPS) is 19.3. The number of aliphatic hydroxyl groups is 1. The second-order valence-corrected chi connectivity index (χ2v) is 9.87. The van der Waals surface area contributed by atoms with E-state index in [0.717, 1.165) is 30.8 Å². The molecule has 0 spiro atoms. The number of anilines is 3. The Bertz CT molecular complexity index is 1300. The van der Waals surface area contributed by atoms with Crippen molar-refractivity contribution in [3.8, 4) is 11.1 Å². The maximum atomic E-state index is 12.6. The lowest BCUT2D eigenvalue weighted by atomic mass is 9.91. The van der Waals surface area contributed by atoms with Gasteiger partial charge in [0, 0.05) is 47.8 Å². The van der Waals surface area contributed by atoms with Gasteiger partial charge in [-0.2, -0.15) is 23.3 Å². The molecule has 1 aliphatic heterocycles. The molecule has 1 aliphatic carbocycles. The summed E-state index contributed by atoms with van der Waals surface area (Å²) >= 11 is 0. The maximum absolute atomic E-state index is 12.6. The number of benzene rings is 1. The molecule has 1 amide bonds. The van der Waals surface area contributed by atoms with Crippen LogP contribution in [0.5, 0.6) is 0 Å². The molecule has 10 nitrogen and oxygen atoms in total. The SMILES string of the molecule is O=C(NC1CCC(Nc2nc(Nc3ccc4c(c3)CNCC4)ncc2-c2cnn(CCO)c2)CC1)C(F)(F)F. The highest BCUT2D eigenvalue weighted by Crippen LogP contribution is 2.31. The molecule has 5 N–H and O–H groups in total. The van der Waals surface area contributed by atoms with E-state index < -0.39 is 18.1 Å². The number of nitrogens with zero attached hydrogens (tertiary/aromatic N) is 4. The van der Waals surface area contributed by atoms with Crippen LogP contribution in [0.25, 0.3) is 11.1 Å². The van der Waals surface area contributed by atoms with Crippen LogP contribution in [0.15, 0.2) is 36.8 Å². The van der Waals surface area contributed by atoms with Crippen molar-refractivity contribution in [2.45, 2.75) is 63.5 Å². The maximum Gasteiger partial charge on any atom is 0.471 e. The Morgan fingerprint density at radius 3 is 2.69 bits per heavy atom. The fourth-order valence-electron chi connectivity index (χ4n) is 5.02. The Labute approximate surface area is 223 Å². The molecule has 2 aliphatic rings. The van der Waals surface area contributed by atoms with Crippen molar-refractivity contribution in [1.82, 2.24) is 30.4 Å². The summed E-state index contributed by atoms with van der Waals surface area (Å²) in [4.78, 5) is 20.6. The van der Waals surface area contributed by atoms with Crippen molar-refractivity contribution in [3.63, 3.8) is 0 Å². The molecule has 2 aromatic heterocycles. The quantitative estimate of drug-likeness (QED) is 0.293. The van der Waals surface area contributed by atoms with E-state index in [9.17, 15) is 23.1 Å². The molecule has 3 heterocycles. The average molecular weight is 545 g/mol. The van der Waals surface area contributed by atoms with E-state index in [1.54, 1.807) is 23.3 Å². The van der Waals surface area contributed by atoms with Gasteiger partial charge >= 0.3 is 12.1 Å². The van der Waals surface area contributed by atoms with Crippen molar-refractivity contribution >= 4 is 23.4 Å². The Hall–Kier alpha value is -3.71. The molecule has 0 saturated heterocycles. The number of hydrogen-bond acceptors (Lipinski definition) is 8. The van der Waals surface area contributed by atoms with Gasteiger partial charge in [-0.05, 0) is 61.9 Å². The highest BCUT2D eigenvalue weighted by atomic mass is 19.4. The molecule has 0 bridgehead atoms. The molecule has 3 aromatic rings. The monoisotopic (exact) mass is 544 g/mol. The van der Waals surface area contributed by atoms with Crippen LogP contribution in [-0.2, 0) is 24.3 Å². The molecule has 1 fully saturated rings. The number of nitrogens with one attached hydrogen (secondary N) is 4. The van der Waals surface area contributed by atoms with E-state index in [2.05, 4.69) is 43.5 Å². The number of fused-ring (bicyclic) bond motifs is 1. The minimum Gasteiger partial charge on any atom is -0.394 e. The number of aliphatic hydroxyl groups excluding tert-OH is 1. The number of aromatic nitrogens is 4. The van der Waals surface area contributed by atoms with Crippen molar-refractivity contribution < 1.29 is 23.1 Å². The number of alkyl halides is 3. The zero-order valence-corrected chi connectivity index (χ0v) is 21.3. The fraction of sp³-hybridized carbons (Fsp3) is 0.462. The highest BCUT2D eigenvalue weighted by Gasteiger charge is 2.40. The largest absolute Gasteiger partial charge is 0.471 e. The summed E-state index contributed by atoms with van der Waals surface area (Å²) in [6, 6.07) is 5.63. The lowest BCUT2D eigenvalue weighted by molar-refractivity contribution is -0.174. The highest BCUT2D eigenvalue weighted by molar-refractivity contribution is 5.82. The summed E-state index contributed by atoms with van der Waals surface area (Å²) in [6.07, 6.45) is 3.25. The van der Waals surface area contributed by atoms with Crippen molar-refractivity contribution in [3.05, 3.63) is 47.9 Å². The van der Waals surface area contributed by atoms with Crippen LogP contribution in [-0.4, -0.2) is 62.2 Å². The van der Waals surface area contributed by atoms with Gasteiger partial charge in [-0.15, -0.1) is 0 Å². The Morgan fingerprint density at radius 1 is 1.13 bits per heavy atom. The first-order chi connectivity index (χ1) is 18.8. The van der Waals surface area contributed by atoms with Gasteiger partial charge in [-0.3, -0.25) is 9.48 Å². The Morgan fingerprint density at radius 2 is 1.92 bits per heavy atom. The zero-order chi connectivity index (χ0) is 27.4. The molecule has 39 heavy (non-hydrogen) atoms. The standard InChI is InChI=1S/C26H31F3N8O2/c27-26(28,29)24(39)34-20-5-3-19(4-6-20)33-23-22(18-13-32-37(15-18)9-10-38)14-31-25(36-23)35-21-2-1-16-7-8-30-12-17(16)11-21/h1-2,11,13-15,19-20,30,38H,3-10,12H2,(H,34,39)(H2,31,33,35,36). The van der Waals surface area contributed by atoms with Crippen molar-refractivity contribution in [2.24, 2.45) is 0 Å². The molecular weight excluding hydrogens is 513 g/mol. The van der Waals surface area contributed by atoms with Gasteiger partial charge in [-0.25, -0.2) is 4.98 Å². The van der Waals surface area contributed by atoms with Crippen LogP contribution in [0.1, 0.15) is 36.8 Å². The summed E-state index contributed by atoms with van der Waals surface area (Å²) in [7, 11) is 0. The summed E-state index contributed by atoms with van der Waals surface area (Å²) in [5.41, 5.74) is 4.90. The number of carbonyl (C=O) groups excluding carboxylic acids is 1. The van der Waals surface area contributed by atoms with E-state index in [-0.39, 0.29) is 12.6 Å². The molecule has 1 saturated carbocycles. The lowest BCUT2D eigenvalue weighted by Crippen LogP contribution is -2.45. The number of amides is 1. The molecular formula is C26H31F3N8O2. The van der Waals surface area contributed by atoms with Crippen LogP contribution >= 0.6 is 0 Å². The first-order valence-corrected chi connectivity index (χ1v) is 13.0. The molecule has 13 heteroatoms. The number of carbonyl (C=O) groups is 1. The van der Waals surface area contributed by atoms with Gasteiger partial charge in [0.15, 0.2) is 0 Å². The number of hydrogen-bond donors (Lipinski definition) is 5. The third-order valence-electron chi connectivity index (χ3n) is 7.07. The molecule has 0 atom stereocenters. The van der Waals surface area contributed by atoms with Gasteiger partial charge < -0.3 is 26.4 Å². The molecule has 208 valence electrons. The predicted octanol–water partition coefficient (Wildman–Crippen LogP) is 3.12. The van der Waals surface area contributed by atoms with Crippen LogP contribution in [0.2, 0.25) is 0 Å². The van der Waals surface area contributed by atoms with E-state index in [1.807, 2.05) is 6.07 Å². The summed E-state index contributed by atoms with van der Waals surface area (Å²) in [6.45, 7) is 2.08. The number of rotatable bonds is 8. The molecule has 5 rings (SSSR count). The average Bonchev–Trinajstić information content (AvgIpc) is 3.38. The third kappa shape index (κ3) is 6.66. The van der Waals surface area contributed by atoms with Gasteiger partial charge in [0.25, 0.3) is 0 Å². The first kappa shape index (κ1) is 26.9. The minimum atomic E-state index is -4.89. The Balaban J connectivity index is 1.33. The summed E-state index contributed by atoms with van der Waals surface area (Å²) < 4.78 is 39.5. The summed E-state index contributed by atoms with van der Waals surface area (Å²) in [5, 5.41) is 25.7. The number of halogens is 3. The lowest BCUT2D eigenvalue weighted by Gasteiger charge is -2.30. The topological polar surface area (TPSA) is 129 Å². The third-order valence-corrected chi connectivity index (χ3v) is 7.07. The minimum absolute atomic E-state index is 0.0456. The van der Waals surface area contributed by atoms with Crippen LogP contribution in [0, 0.1) is 0 Å². The zero-order valence-electron chi connectivity index (χ0n) is 21.3. The van der Waals surface area contributed by atoms with Gasteiger partial charge in [0.2, 0.25) is 5.95 Å². The van der Waals surface area contributed by atoms with E-state index in [0.29, 0.717) is 49.6 Å². The molecule has 0 radical (unpaired) electrons. The fourth-order valence-corrected chi connectivity index (χ4v) is 5.02. The van der Waals surface area contributed by atoms with Gasteiger partial charge in [-0.1, -0.05) is 6.07 Å². The smallest absolute Gasteiger partial charge is 0.394 e. The van der Waals surface area contributed by atoms with Crippen molar-refractivity contribution in [1.29, 1.82) is 0 Å². The van der Waals surface area contributed by atoms with Crippen LogP contribution < -0.4 is 21.3 Å². The predicted molar refractivity (Wildman–Crippen MR) is 139 cm³/mol. The van der Waals surface area contributed by atoms with Gasteiger partial charge in [0.05, 0.1) is 19.3 Å². The van der Waals surface area contributed by atoms with Crippen LogP contribution in [0.4, 0.5) is 30.6 Å². The van der Waals surface area contributed by atoms with E-state index in [4.69, 9.17) is 4.98 Å². The Kier molecular flexibility index (Phi) is 7.98. The van der Waals surface area contributed by atoms with Crippen LogP contribution in [0.3, 0.4) is 0 Å². The summed E-state index contributed by atoms with van der Waals surface area (Å²) in [5.74, 6) is -0.928. The van der Waals surface area contributed by atoms with Crippen molar-refractivity contribution in [2.75, 3.05) is 23.8 Å². The second kappa shape index (κ2) is 11.6. The molecule has 0 unspecified atom stereocenters. The van der Waals surface area contributed by atoms with Gasteiger partial charge in [0.1, 0.15) is 5.82 Å². The van der Waals surface area contributed by atoms with E-state index >= 15 is 0 Å². The first-order valence-electron chi connectivity index (χ1n) is 13.0. The second-order valence-electron chi connectivity index (χ2n) is 9.87. The van der Waals surface area contributed by atoms with E-state index in [1.165, 1.54) is 11.1 Å². The molecule has 1 aromatic carbocycles.